The molecule has 5 nitrogen and oxygen atoms in total. The van der Waals surface area contributed by atoms with Gasteiger partial charge in [-0.15, -0.1) is 0 Å². The Morgan fingerprint density at radius 1 is 1.29 bits per heavy atom. The molecule has 2 aliphatic carbocycles. The van der Waals surface area contributed by atoms with Gasteiger partial charge in [0.2, 0.25) is 5.91 Å². The molecule has 132 valence electrons. The van der Waals surface area contributed by atoms with Gasteiger partial charge >= 0.3 is 0 Å². The third-order valence-corrected chi connectivity index (χ3v) is 6.44. The first-order chi connectivity index (χ1) is 11.6. The summed E-state index contributed by atoms with van der Waals surface area (Å²) in [5.74, 6) is 2.42. The second-order valence-electron chi connectivity index (χ2n) is 8.25. The van der Waals surface area contributed by atoms with Crippen LogP contribution in [0.2, 0.25) is 0 Å². The van der Waals surface area contributed by atoms with Crippen LogP contribution in [-0.2, 0) is 18.4 Å². The van der Waals surface area contributed by atoms with Gasteiger partial charge in [0.05, 0.1) is 6.20 Å². The van der Waals surface area contributed by atoms with Crippen molar-refractivity contribution in [3.05, 3.63) is 17.5 Å². The van der Waals surface area contributed by atoms with Crippen molar-refractivity contribution >= 4 is 5.91 Å². The molecule has 3 fully saturated rings. The highest BCUT2D eigenvalue weighted by Crippen LogP contribution is 2.42. The number of aromatic nitrogens is 2. The molecule has 0 radical (unpaired) electrons. The van der Waals surface area contributed by atoms with Crippen LogP contribution in [0.25, 0.3) is 0 Å². The Kier molecular flexibility index (Phi) is 4.37. The minimum Gasteiger partial charge on any atom is -0.352 e. The average molecular weight is 330 g/mol. The van der Waals surface area contributed by atoms with Gasteiger partial charge < -0.3 is 5.32 Å². The first-order valence-corrected chi connectivity index (χ1v) is 9.59. The Bertz CT molecular complexity index is 603. The van der Waals surface area contributed by atoms with Crippen LogP contribution in [0.4, 0.5) is 0 Å². The third-order valence-electron chi connectivity index (χ3n) is 6.44. The van der Waals surface area contributed by atoms with Crippen LogP contribution in [-0.4, -0.2) is 39.7 Å². The van der Waals surface area contributed by atoms with Gasteiger partial charge in [-0.25, -0.2) is 0 Å². The van der Waals surface area contributed by atoms with E-state index in [4.69, 9.17) is 0 Å². The standard InChI is InChI=1S/C19H30N4O/c1-13-16(9-20-22(13)2)10-23-11-17(15-6-7-15)18(12-23)21-19(24)8-14-4-3-5-14/h9,14-15,17-18H,3-8,10-12H2,1-2H3,(H,21,24)/t17-,18+/m0/s1. The molecule has 1 aliphatic heterocycles. The van der Waals surface area contributed by atoms with Crippen molar-refractivity contribution in [1.29, 1.82) is 0 Å². The summed E-state index contributed by atoms with van der Waals surface area (Å²) in [5.41, 5.74) is 2.56. The topological polar surface area (TPSA) is 50.2 Å². The van der Waals surface area contributed by atoms with Gasteiger partial charge in [-0.1, -0.05) is 6.42 Å². The van der Waals surface area contributed by atoms with E-state index in [-0.39, 0.29) is 5.91 Å². The molecule has 0 bridgehead atoms. The minimum absolute atomic E-state index is 0.287. The number of amides is 1. The number of hydrogen-bond donors (Lipinski definition) is 1. The second-order valence-corrected chi connectivity index (χ2v) is 8.25. The normalized spacial score (nSPS) is 28.1. The molecule has 2 atom stereocenters. The highest BCUT2D eigenvalue weighted by molar-refractivity contribution is 5.76. The highest BCUT2D eigenvalue weighted by atomic mass is 16.1. The molecule has 0 unspecified atom stereocenters. The maximum absolute atomic E-state index is 12.4. The first kappa shape index (κ1) is 16.1. The molecule has 0 spiro atoms. The van der Waals surface area contributed by atoms with Crippen molar-refractivity contribution in [3.63, 3.8) is 0 Å². The Hall–Kier alpha value is -1.36. The number of aryl methyl sites for hydroxylation is 1. The lowest BCUT2D eigenvalue weighted by Gasteiger charge is -2.26. The van der Waals surface area contributed by atoms with E-state index in [9.17, 15) is 4.79 Å². The Morgan fingerprint density at radius 3 is 2.67 bits per heavy atom. The summed E-state index contributed by atoms with van der Waals surface area (Å²) in [6, 6.07) is 0.349. The van der Waals surface area contributed by atoms with Crippen molar-refractivity contribution < 1.29 is 4.79 Å². The van der Waals surface area contributed by atoms with E-state index in [0.29, 0.717) is 17.9 Å². The van der Waals surface area contributed by atoms with Crippen molar-refractivity contribution in [2.45, 2.75) is 58.0 Å². The molecule has 24 heavy (non-hydrogen) atoms. The van der Waals surface area contributed by atoms with Gasteiger partial charge in [0.15, 0.2) is 0 Å². The van der Waals surface area contributed by atoms with E-state index < -0.39 is 0 Å². The molecule has 1 saturated heterocycles. The summed E-state index contributed by atoms with van der Waals surface area (Å²) in [6.45, 7) is 5.20. The van der Waals surface area contributed by atoms with Crippen LogP contribution in [0.15, 0.2) is 6.20 Å². The maximum atomic E-state index is 12.4. The Labute approximate surface area is 144 Å². The van der Waals surface area contributed by atoms with Gasteiger partial charge in [-0.3, -0.25) is 14.4 Å². The fourth-order valence-corrected chi connectivity index (χ4v) is 4.36. The molecular formula is C19H30N4O. The van der Waals surface area contributed by atoms with Gasteiger partial charge in [0.25, 0.3) is 0 Å². The molecule has 1 aromatic rings. The smallest absolute Gasteiger partial charge is 0.220 e. The number of carbonyl (C=O) groups is 1. The van der Waals surface area contributed by atoms with Gasteiger partial charge in [-0.2, -0.15) is 5.10 Å². The molecule has 1 aromatic heterocycles. The van der Waals surface area contributed by atoms with Gasteiger partial charge in [-0.05, 0) is 50.4 Å². The second kappa shape index (κ2) is 6.51. The molecule has 5 heteroatoms. The van der Waals surface area contributed by atoms with E-state index in [1.54, 1.807) is 0 Å². The molecule has 4 rings (SSSR count). The van der Waals surface area contributed by atoms with Crippen LogP contribution < -0.4 is 5.32 Å². The monoisotopic (exact) mass is 330 g/mol. The molecule has 3 aliphatic rings. The number of rotatable bonds is 6. The minimum atomic E-state index is 0.287. The largest absolute Gasteiger partial charge is 0.352 e. The fourth-order valence-electron chi connectivity index (χ4n) is 4.36. The number of nitrogens with zero attached hydrogens (tertiary/aromatic N) is 3. The molecular weight excluding hydrogens is 300 g/mol. The van der Waals surface area contributed by atoms with Crippen LogP contribution >= 0.6 is 0 Å². The summed E-state index contributed by atoms with van der Waals surface area (Å²) >= 11 is 0. The molecule has 2 heterocycles. The SMILES string of the molecule is Cc1c(CN2C[C@@H](NC(=O)CC3CCC3)[C@H](C3CC3)C2)cnn1C. The summed E-state index contributed by atoms with van der Waals surface area (Å²) in [5, 5.41) is 7.74. The van der Waals surface area contributed by atoms with E-state index in [0.717, 1.165) is 32.0 Å². The predicted octanol–water partition coefficient (Wildman–Crippen LogP) is 2.25. The summed E-state index contributed by atoms with van der Waals surface area (Å²) in [6.07, 6.45) is 9.23. The van der Waals surface area contributed by atoms with Crippen molar-refractivity contribution in [2.24, 2.45) is 24.8 Å². The third kappa shape index (κ3) is 3.37. The van der Waals surface area contributed by atoms with Gasteiger partial charge in [0.1, 0.15) is 0 Å². The van der Waals surface area contributed by atoms with Crippen LogP contribution in [0, 0.1) is 24.7 Å². The van der Waals surface area contributed by atoms with Crippen molar-refractivity contribution in [3.8, 4) is 0 Å². The average Bonchev–Trinajstić information content (AvgIpc) is 3.22. The zero-order valence-electron chi connectivity index (χ0n) is 15.0. The quantitative estimate of drug-likeness (QED) is 0.870. The van der Waals surface area contributed by atoms with Crippen LogP contribution in [0.1, 0.15) is 49.8 Å². The van der Waals surface area contributed by atoms with Crippen molar-refractivity contribution in [2.75, 3.05) is 13.1 Å². The lowest BCUT2D eigenvalue weighted by atomic mass is 9.82. The molecule has 2 saturated carbocycles. The van der Waals surface area contributed by atoms with Gasteiger partial charge in [0, 0.05) is 50.4 Å². The van der Waals surface area contributed by atoms with E-state index in [2.05, 4.69) is 22.2 Å². The number of carbonyl (C=O) groups excluding carboxylic acids is 1. The number of nitrogens with one attached hydrogen (secondary N) is 1. The predicted molar refractivity (Wildman–Crippen MR) is 93.3 cm³/mol. The molecule has 1 N–H and O–H groups in total. The summed E-state index contributed by atoms with van der Waals surface area (Å²) < 4.78 is 1.95. The summed E-state index contributed by atoms with van der Waals surface area (Å²) in [7, 11) is 2.00. The Balaban J connectivity index is 1.36. The number of likely N-dealkylation sites (tertiary alicyclic amines) is 1. The number of hydrogen-bond acceptors (Lipinski definition) is 3. The first-order valence-electron chi connectivity index (χ1n) is 9.59. The maximum Gasteiger partial charge on any atom is 0.220 e. The lowest BCUT2D eigenvalue weighted by molar-refractivity contribution is -0.123. The van der Waals surface area contributed by atoms with E-state index in [1.807, 2.05) is 17.9 Å². The Morgan fingerprint density at radius 2 is 2.08 bits per heavy atom. The highest BCUT2D eigenvalue weighted by Gasteiger charge is 2.43. The van der Waals surface area contributed by atoms with E-state index >= 15 is 0 Å². The van der Waals surface area contributed by atoms with E-state index in [1.165, 1.54) is 43.4 Å². The zero-order chi connectivity index (χ0) is 16.7. The zero-order valence-corrected chi connectivity index (χ0v) is 15.0. The summed E-state index contributed by atoms with van der Waals surface area (Å²) in [4.78, 5) is 14.9. The fraction of sp³-hybridized carbons (Fsp3) is 0.789. The lowest BCUT2D eigenvalue weighted by Crippen LogP contribution is -2.42. The molecule has 1 amide bonds. The molecule has 0 aromatic carbocycles. The van der Waals surface area contributed by atoms with Crippen LogP contribution in [0.5, 0.6) is 0 Å². The van der Waals surface area contributed by atoms with Crippen molar-refractivity contribution in [1.82, 2.24) is 20.0 Å². The van der Waals surface area contributed by atoms with Crippen LogP contribution in [0.3, 0.4) is 0 Å².